The third-order valence-electron chi connectivity index (χ3n) is 2.64. The molecule has 0 unspecified atom stereocenters. The first kappa shape index (κ1) is 10.2. The van der Waals surface area contributed by atoms with E-state index >= 15 is 0 Å². The van der Waals surface area contributed by atoms with Crippen molar-refractivity contribution < 1.29 is 0 Å². The summed E-state index contributed by atoms with van der Waals surface area (Å²) in [5.41, 5.74) is 1.18. The zero-order valence-electron chi connectivity index (χ0n) is 8.49. The Morgan fingerprint density at radius 1 is 1.20 bits per heavy atom. The van der Waals surface area contributed by atoms with Gasteiger partial charge in [-0.1, -0.05) is 24.1 Å². The highest BCUT2D eigenvalue weighted by Crippen LogP contribution is 2.20. The first-order valence-electron chi connectivity index (χ1n) is 5.01. The van der Waals surface area contributed by atoms with Crippen LogP contribution in [0.25, 0.3) is 0 Å². The van der Waals surface area contributed by atoms with E-state index in [1.54, 1.807) is 0 Å². The van der Waals surface area contributed by atoms with Gasteiger partial charge in [0.25, 0.3) is 0 Å². The van der Waals surface area contributed by atoms with Gasteiger partial charge in [0.05, 0.1) is 0 Å². The molecule has 0 saturated carbocycles. The summed E-state index contributed by atoms with van der Waals surface area (Å²) in [4.78, 5) is 4.31. The maximum atomic E-state index is 5.95. The number of terminal acetylenes is 1. The van der Waals surface area contributed by atoms with Crippen molar-refractivity contribution in [2.45, 2.75) is 0 Å². The zero-order valence-corrected chi connectivity index (χ0v) is 9.24. The van der Waals surface area contributed by atoms with Gasteiger partial charge in [0.1, 0.15) is 0 Å². The van der Waals surface area contributed by atoms with Gasteiger partial charge in [0.2, 0.25) is 0 Å². The molecule has 1 aromatic carbocycles. The lowest BCUT2D eigenvalue weighted by molar-refractivity contribution is 0.369. The molecule has 0 atom stereocenters. The lowest BCUT2D eigenvalue weighted by Crippen LogP contribution is -2.44. The maximum Gasteiger partial charge on any atom is 0.0437 e. The molecule has 0 aromatic heterocycles. The Morgan fingerprint density at radius 2 is 1.93 bits per heavy atom. The fraction of sp³-hybridized carbons (Fsp3) is 0.333. The molecule has 0 N–H and O–H groups in total. The van der Waals surface area contributed by atoms with Crippen molar-refractivity contribution in [3.05, 3.63) is 29.3 Å². The van der Waals surface area contributed by atoms with Gasteiger partial charge in [0, 0.05) is 42.9 Å². The second-order valence-electron chi connectivity index (χ2n) is 3.58. The van der Waals surface area contributed by atoms with Gasteiger partial charge < -0.3 is 9.80 Å². The molecule has 0 bridgehead atoms. The van der Waals surface area contributed by atoms with E-state index < -0.39 is 0 Å². The van der Waals surface area contributed by atoms with Crippen LogP contribution in [0.3, 0.4) is 0 Å². The number of hydrogen-bond acceptors (Lipinski definition) is 2. The summed E-state index contributed by atoms with van der Waals surface area (Å²) in [5.74, 6) is 0. The van der Waals surface area contributed by atoms with Crippen molar-refractivity contribution in [1.29, 1.82) is 0 Å². The Balaban J connectivity index is 2.05. The largest absolute Gasteiger partial charge is 0.368 e. The van der Waals surface area contributed by atoms with Crippen LogP contribution in [-0.2, 0) is 0 Å². The average molecular weight is 221 g/mol. The molecule has 1 aliphatic rings. The van der Waals surface area contributed by atoms with E-state index in [0.717, 1.165) is 31.2 Å². The van der Waals surface area contributed by atoms with Crippen LogP contribution in [0.15, 0.2) is 24.3 Å². The monoisotopic (exact) mass is 220 g/mol. The summed E-state index contributed by atoms with van der Waals surface area (Å²) >= 11 is 5.95. The summed E-state index contributed by atoms with van der Waals surface area (Å²) in [6.07, 6.45) is 5.35. The zero-order chi connectivity index (χ0) is 10.7. The summed E-state index contributed by atoms with van der Waals surface area (Å²) in [5, 5.41) is 0.784. The predicted octanol–water partition coefficient (Wildman–Crippen LogP) is 2.05. The molecule has 1 heterocycles. The molecular formula is C12H13ClN2. The Kier molecular flexibility index (Phi) is 3.03. The molecule has 0 amide bonds. The van der Waals surface area contributed by atoms with Crippen molar-refractivity contribution >= 4 is 17.3 Å². The third kappa shape index (κ3) is 2.37. The Morgan fingerprint density at radius 3 is 2.53 bits per heavy atom. The van der Waals surface area contributed by atoms with Crippen LogP contribution in [0, 0.1) is 12.5 Å². The van der Waals surface area contributed by atoms with Crippen LogP contribution >= 0.6 is 11.6 Å². The van der Waals surface area contributed by atoms with Crippen molar-refractivity contribution in [3.8, 4) is 12.5 Å². The Labute approximate surface area is 95.4 Å². The topological polar surface area (TPSA) is 6.48 Å². The molecule has 15 heavy (non-hydrogen) atoms. The third-order valence-corrected chi connectivity index (χ3v) is 2.87. The van der Waals surface area contributed by atoms with Gasteiger partial charge in [-0.25, -0.2) is 0 Å². The quantitative estimate of drug-likeness (QED) is 0.669. The number of anilines is 1. The van der Waals surface area contributed by atoms with Crippen LogP contribution in [-0.4, -0.2) is 31.1 Å². The molecule has 1 aliphatic heterocycles. The van der Waals surface area contributed by atoms with Crippen LogP contribution in [0.1, 0.15) is 0 Å². The minimum absolute atomic E-state index is 0.784. The van der Waals surface area contributed by atoms with Gasteiger partial charge >= 0.3 is 0 Å². The number of piperazine rings is 1. The predicted molar refractivity (Wildman–Crippen MR) is 64.1 cm³/mol. The van der Waals surface area contributed by atoms with E-state index in [4.69, 9.17) is 18.0 Å². The number of hydrogen-bond donors (Lipinski definition) is 0. The van der Waals surface area contributed by atoms with Crippen molar-refractivity contribution in [1.82, 2.24) is 4.90 Å². The minimum Gasteiger partial charge on any atom is -0.368 e. The molecule has 0 aliphatic carbocycles. The smallest absolute Gasteiger partial charge is 0.0437 e. The first-order chi connectivity index (χ1) is 7.29. The molecule has 1 aromatic rings. The average Bonchev–Trinajstić information content (AvgIpc) is 2.29. The van der Waals surface area contributed by atoms with E-state index in [9.17, 15) is 0 Å². The van der Waals surface area contributed by atoms with Gasteiger partial charge in [-0.15, -0.1) is 0 Å². The van der Waals surface area contributed by atoms with E-state index in [-0.39, 0.29) is 0 Å². The fourth-order valence-electron chi connectivity index (χ4n) is 1.77. The van der Waals surface area contributed by atoms with Gasteiger partial charge in [0.15, 0.2) is 0 Å². The lowest BCUT2D eigenvalue weighted by Gasteiger charge is -2.34. The first-order valence-corrected chi connectivity index (χ1v) is 5.39. The van der Waals surface area contributed by atoms with Crippen LogP contribution in [0.5, 0.6) is 0 Å². The van der Waals surface area contributed by atoms with Crippen molar-refractivity contribution in [3.63, 3.8) is 0 Å². The Hall–Kier alpha value is -1.33. The highest BCUT2D eigenvalue weighted by Gasteiger charge is 2.14. The number of benzene rings is 1. The normalized spacial score (nSPS) is 16.3. The van der Waals surface area contributed by atoms with Crippen molar-refractivity contribution in [2.75, 3.05) is 31.1 Å². The highest BCUT2D eigenvalue weighted by atomic mass is 35.5. The standard InChI is InChI=1S/C12H13ClN2/c1-2-14-6-8-15(9-7-14)12-5-3-4-11(13)10-12/h1,3-5,10H,6-9H2. The fourth-order valence-corrected chi connectivity index (χ4v) is 1.95. The van der Waals surface area contributed by atoms with Crippen molar-refractivity contribution in [2.24, 2.45) is 0 Å². The molecule has 2 nitrogen and oxygen atoms in total. The number of rotatable bonds is 1. The summed E-state index contributed by atoms with van der Waals surface area (Å²) in [6, 6.07) is 10.6. The molecule has 2 rings (SSSR count). The number of halogens is 1. The lowest BCUT2D eigenvalue weighted by atomic mass is 10.2. The summed E-state index contributed by atoms with van der Waals surface area (Å²) < 4.78 is 0. The molecule has 1 fully saturated rings. The molecule has 0 radical (unpaired) electrons. The molecule has 1 saturated heterocycles. The highest BCUT2D eigenvalue weighted by molar-refractivity contribution is 6.30. The second-order valence-corrected chi connectivity index (χ2v) is 4.02. The van der Waals surface area contributed by atoms with E-state index in [0.29, 0.717) is 0 Å². The maximum absolute atomic E-state index is 5.95. The molecular weight excluding hydrogens is 208 g/mol. The SMILES string of the molecule is C#CN1CCN(c2cccc(Cl)c2)CC1. The van der Waals surface area contributed by atoms with Gasteiger partial charge in [-0.05, 0) is 18.2 Å². The summed E-state index contributed by atoms with van der Waals surface area (Å²) in [7, 11) is 0. The van der Waals surface area contributed by atoms with Gasteiger partial charge in [-0.3, -0.25) is 0 Å². The van der Waals surface area contributed by atoms with Crippen LogP contribution in [0.2, 0.25) is 5.02 Å². The molecule has 3 heteroatoms. The molecule has 0 spiro atoms. The number of nitrogens with zero attached hydrogens (tertiary/aromatic N) is 2. The van der Waals surface area contributed by atoms with E-state index in [1.165, 1.54) is 5.69 Å². The minimum atomic E-state index is 0.784. The van der Waals surface area contributed by atoms with Gasteiger partial charge in [-0.2, -0.15) is 0 Å². The summed E-state index contributed by atoms with van der Waals surface area (Å²) in [6.45, 7) is 3.76. The Bertz CT molecular complexity index is 375. The molecule has 78 valence electrons. The second kappa shape index (κ2) is 4.46. The van der Waals surface area contributed by atoms with E-state index in [2.05, 4.69) is 17.0 Å². The van der Waals surface area contributed by atoms with Crippen LogP contribution in [0.4, 0.5) is 5.69 Å². The van der Waals surface area contributed by atoms with Crippen LogP contribution < -0.4 is 4.90 Å². The van der Waals surface area contributed by atoms with E-state index in [1.807, 2.05) is 23.1 Å².